The van der Waals surface area contributed by atoms with Crippen LogP contribution in [0.5, 0.6) is 0 Å². The first-order valence-electron chi connectivity index (χ1n) is 11.5. The van der Waals surface area contributed by atoms with E-state index in [1.807, 2.05) is 13.6 Å². The molecule has 0 atom stereocenters. The van der Waals surface area contributed by atoms with Gasteiger partial charge in [-0.15, -0.1) is 0 Å². The zero-order valence-corrected chi connectivity index (χ0v) is 24.8. The third-order valence-electron chi connectivity index (χ3n) is 6.61. The summed E-state index contributed by atoms with van der Waals surface area (Å²) >= 11 is 0. The quantitative estimate of drug-likeness (QED) is 0.145. The van der Waals surface area contributed by atoms with E-state index in [2.05, 4.69) is 0 Å². The number of alkyl halides is 30. The minimum atomic E-state index is -10.5. The van der Waals surface area contributed by atoms with Crippen molar-refractivity contribution in [3.05, 3.63) is 0 Å². The summed E-state index contributed by atoms with van der Waals surface area (Å²) in [5.41, 5.74) is -24.1. The Bertz CT molecular complexity index is 1120. The lowest BCUT2D eigenvalue weighted by molar-refractivity contribution is -0.433. The predicted octanol–water partition coefficient (Wildman–Crippen LogP) is 11.6. The average Bonchev–Trinajstić information content (AvgIpc) is 2.83. The van der Waals surface area contributed by atoms with Crippen molar-refractivity contribution in [1.29, 1.82) is 0 Å². The summed E-state index contributed by atoms with van der Waals surface area (Å²) in [4.78, 5) is 0. The van der Waals surface area contributed by atoms with Crippen LogP contribution in [-0.4, -0.2) is 89.4 Å². The number of phosphoric ester groups is 1. The Kier molecular flexibility index (Phi) is 12.3. The second-order valence-corrected chi connectivity index (χ2v) is 11.7. The molecule has 0 bridgehead atoms. The molecule has 0 aliphatic carbocycles. The monoisotopic (exact) mass is 890 g/mol. The van der Waals surface area contributed by atoms with Gasteiger partial charge >= 0.3 is 80.4 Å². The zero-order chi connectivity index (χ0) is 44.1. The van der Waals surface area contributed by atoms with Crippen molar-refractivity contribution in [2.75, 3.05) is 0 Å². The smallest absolute Gasteiger partial charge is 0.267 e. The fourth-order valence-electron chi connectivity index (χ4n) is 3.28. The molecule has 0 saturated carbocycles. The van der Waals surface area contributed by atoms with E-state index >= 15 is 0 Å². The van der Waals surface area contributed by atoms with E-state index in [0.29, 0.717) is 0 Å². The van der Waals surface area contributed by atoms with E-state index in [-0.39, 0.29) is 0 Å². The van der Waals surface area contributed by atoms with Crippen molar-refractivity contribution in [2.24, 2.45) is 0 Å². The highest BCUT2D eigenvalue weighted by molar-refractivity contribution is 7.48. The molecular formula is C18H9F30O4P. The van der Waals surface area contributed by atoms with E-state index in [4.69, 9.17) is 0 Å². The topological polar surface area (TPSA) is 44.8 Å². The molecule has 0 aromatic carbocycles. The van der Waals surface area contributed by atoms with Gasteiger partial charge in [-0.3, -0.25) is 13.6 Å². The van der Waals surface area contributed by atoms with Crippen LogP contribution in [0.25, 0.3) is 0 Å². The van der Waals surface area contributed by atoms with Gasteiger partial charge in [-0.05, 0) is 20.8 Å². The maximum atomic E-state index is 14.3. The molecule has 320 valence electrons. The summed E-state index contributed by atoms with van der Waals surface area (Å²) in [5.74, 6) is -51.7. The molecule has 0 unspecified atom stereocenters. The molecule has 35 heteroatoms. The molecule has 0 aliphatic rings. The van der Waals surface area contributed by atoms with E-state index < -0.39 is 118 Å². The van der Waals surface area contributed by atoms with E-state index in [0.717, 1.165) is 0 Å². The molecule has 0 saturated heterocycles. The van der Waals surface area contributed by atoms with Crippen LogP contribution in [0.3, 0.4) is 0 Å². The lowest BCUT2D eigenvalue weighted by Gasteiger charge is -2.49. The standard InChI is InChI=1S/C18H9F30O4P/c1-4(7(19,20)13(31,32)33,8(21,22)14(34,35)36)50-53(49,51-5(2,9(23,24)15(37,38)39)10(25,26)16(40,41)42)52-6(3,11(27,28)17(43,44)45)12(29,30)18(46,47)48/h1-3H3. The Labute approximate surface area is 269 Å². The number of phosphoric acid groups is 1. The number of rotatable bonds is 12. The van der Waals surface area contributed by atoms with Crippen LogP contribution in [0.2, 0.25) is 0 Å². The minimum Gasteiger partial charge on any atom is -0.267 e. The van der Waals surface area contributed by atoms with E-state index in [1.165, 1.54) is 0 Å². The molecule has 0 spiro atoms. The first-order chi connectivity index (χ1) is 22.1. The van der Waals surface area contributed by atoms with E-state index in [1.54, 1.807) is 0 Å². The average molecular weight is 890 g/mol. The highest BCUT2D eigenvalue weighted by Gasteiger charge is 2.91. The lowest BCUT2D eigenvalue weighted by Crippen LogP contribution is -2.72. The van der Waals surface area contributed by atoms with Gasteiger partial charge in [0.1, 0.15) is 0 Å². The van der Waals surface area contributed by atoms with Gasteiger partial charge in [0.25, 0.3) is 0 Å². The van der Waals surface area contributed by atoms with Crippen molar-refractivity contribution < 1.29 is 150 Å². The second-order valence-electron chi connectivity index (χ2n) is 10.3. The van der Waals surface area contributed by atoms with E-state index in [9.17, 15) is 136 Å². The molecule has 0 amide bonds. The van der Waals surface area contributed by atoms with Crippen molar-refractivity contribution in [3.63, 3.8) is 0 Å². The highest BCUT2D eigenvalue weighted by Crippen LogP contribution is 2.72. The molecular weight excluding hydrogens is 881 g/mol. The number of hydrogen-bond donors (Lipinski definition) is 0. The van der Waals surface area contributed by atoms with Crippen LogP contribution in [-0.2, 0) is 18.1 Å². The Morgan fingerprint density at radius 2 is 0.358 bits per heavy atom. The molecule has 0 radical (unpaired) electrons. The SMILES string of the molecule is CC(OP(=O)(OC(C)(C(F)(F)C(F)(F)F)C(F)(F)C(F)(F)F)OC(C)(C(F)(F)C(F)(F)F)C(F)(F)C(F)(F)F)(C(F)(F)C(F)(F)F)C(F)(F)C(F)(F)F. The van der Waals surface area contributed by atoms with Gasteiger partial charge < -0.3 is 0 Å². The van der Waals surface area contributed by atoms with Gasteiger partial charge in [-0.1, -0.05) is 0 Å². The van der Waals surface area contributed by atoms with Gasteiger partial charge in [0, 0.05) is 0 Å². The number of halogens is 30. The molecule has 0 aromatic heterocycles. The summed E-state index contributed by atoms with van der Waals surface area (Å²) in [6.07, 6.45) is -50.2. The lowest BCUT2D eigenvalue weighted by atomic mass is 9.89. The highest BCUT2D eigenvalue weighted by atomic mass is 31.2. The van der Waals surface area contributed by atoms with Crippen LogP contribution in [0.1, 0.15) is 20.8 Å². The maximum absolute atomic E-state index is 14.3. The molecule has 0 fully saturated rings. The molecule has 0 rings (SSSR count). The van der Waals surface area contributed by atoms with Gasteiger partial charge in [0.2, 0.25) is 16.8 Å². The Hall–Kier alpha value is -1.99. The van der Waals surface area contributed by atoms with Crippen LogP contribution in [0.4, 0.5) is 132 Å². The van der Waals surface area contributed by atoms with Crippen molar-refractivity contribution in [1.82, 2.24) is 0 Å². The van der Waals surface area contributed by atoms with Gasteiger partial charge in [0.05, 0.1) is 0 Å². The van der Waals surface area contributed by atoms with Gasteiger partial charge in [-0.2, -0.15) is 132 Å². The predicted molar refractivity (Wildman–Crippen MR) is 102 cm³/mol. The molecule has 53 heavy (non-hydrogen) atoms. The molecule has 0 heterocycles. The largest absolute Gasteiger partial charge is 0.477 e. The first kappa shape index (κ1) is 51.0. The first-order valence-corrected chi connectivity index (χ1v) is 13.0. The molecule has 4 nitrogen and oxygen atoms in total. The van der Waals surface area contributed by atoms with Crippen LogP contribution >= 0.6 is 7.82 Å². The Morgan fingerprint density at radius 1 is 0.264 bits per heavy atom. The zero-order valence-electron chi connectivity index (χ0n) is 23.9. The van der Waals surface area contributed by atoms with Crippen molar-refractivity contribution in [3.8, 4) is 0 Å². The van der Waals surface area contributed by atoms with Gasteiger partial charge in [0.15, 0.2) is 0 Å². The summed E-state index contributed by atoms with van der Waals surface area (Å²) < 4.78 is 427. The van der Waals surface area contributed by atoms with Crippen LogP contribution in [0, 0.1) is 0 Å². The summed E-state index contributed by atoms with van der Waals surface area (Å²) in [5, 5.41) is 0. The molecule has 0 aromatic rings. The Balaban J connectivity index is 9.30. The fourth-order valence-corrected chi connectivity index (χ4v) is 5.43. The second kappa shape index (κ2) is 12.8. The van der Waals surface area contributed by atoms with Crippen LogP contribution < -0.4 is 0 Å². The molecule has 0 N–H and O–H groups in total. The Morgan fingerprint density at radius 3 is 0.434 bits per heavy atom. The van der Waals surface area contributed by atoms with Crippen molar-refractivity contribution in [2.45, 2.75) is 110 Å². The van der Waals surface area contributed by atoms with Gasteiger partial charge in [-0.25, -0.2) is 4.57 Å². The van der Waals surface area contributed by atoms with Crippen LogP contribution in [0.15, 0.2) is 0 Å². The molecule has 0 aliphatic heterocycles. The third kappa shape index (κ3) is 7.50. The maximum Gasteiger partial charge on any atom is 0.477 e. The number of hydrogen-bond acceptors (Lipinski definition) is 4. The summed E-state index contributed by atoms with van der Waals surface area (Å²) in [6.45, 7) is -7.18. The normalized spacial score (nSPS) is 17.1. The van der Waals surface area contributed by atoms with Crippen molar-refractivity contribution >= 4 is 7.82 Å². The fraction of sp³-hybridized carbons (Fsp3) is 1.00. The third-order valence-corrected chi connectivity index (χ3v) is 8.38. The summed E-state index contributed by atoms with van der Waals surface area (Å²) in [6, 6.07) is 0. The summed E-state index contributed by atoms with van der Waals surface area (Å²) in [7, 11) is -10.5. The minimum absolute atomic E-state index is 2.00.